The molecule has 1 N–H and O–H groups in total. The highest BCUT2D eigenvalue weighted by molar-refractivity contribution is 7.98. The smallest absolute Gasteiger partial charge is 0.300 e. The van der Waals surface area contributed by atoms with E-state index in [2.05, 4.69) is 28.7 Å². The molecule has 1 aromatic heterocycles. The Kier molecular flexibility index (Phi) is 2.94. The van der Waals surface area contributed by atoms with E-state index in [1.807, 2.05) is 36.4 Å². The van der Waals surface area contributed by atoms with Crippen molar-refractivity contribution in [2.75, 3.05) is 11.6 Å². The summed E-state index contributed by atoms with van der Waals surface area (Å²) in [6.07, 6.45) is 2.05. The molecule has 0 atom stereocenters. The Bertz CT molecular complexity index is 645. The zero-order valence-corrected chi connectivity index (χ0v) is 10.7. The standard InChI is InChI=1S/C14H12N2OS/c1-18-11-6-4-5-10(9-11)15-14-16-12-7-2-3-8-13(12)17-14/h2-9H,1H3,(H,15,16). The van der Waals surface area contributed by atoms with Crippen molar-refractivity contribution < 1.29 is 4.42 Å². The van der Waals surface area contributed by atoms with Crippen LogP contribution in [0.5, 0.6) is 0 Å². The van der Waals surface area contributed by atoms with Crippen molar-refractivity contribution in [2.24, 2.45) is 0 Å². The minimum atomic E-state index is 0.523. The maximum atomic E-state index is 5.62. The quantitative estimate of drug-likeness (QED) is 0.709. The van der Waals surface area contributed by atoms with Crippen LogP contribution < -0.4 is 5.32 Å². The first-order chi connectivity index (χ1) is 8.85. The van der Waals surface area contributed by atoms with E-state index < -0.39 is 0 Å². The Morgan fingerprint density at radius 1 is 1.11 bits per heavy atom. The molecule has 2 aromatic carbocycles. The third-order valence-corrected chi connectivity index (χ3v) is 3.34. The summed E-state index contributed by atoms with van der Waals surface area (Å²) in [5.41, 5.74) is 2.63. The highest BCUT2D eigenvalue weighted by Crippen LogP contribution is 2.24. The van der Waals surface area contributed by atoms with E-state index in [9.17, 15) is 0 Å². The van der Waals surface area contributed by atoms with Gasteiger partial charge in [-0.1, -0.05) is 18.2 Å². The molecule has 0 fully saturated rings. The second kappa shape index (κ2) is 4.74. The fourth-order valence-electron chi connectivity index (χ4n) is 1.75. The van der Waals surface area contributed by atoms with Crippen LogP contribution in [0, 0.1) is 0 Å². The van der Waals surface area contributed by atoms with E-state index in [0.717, 1.165) is 16.8 Å². The summed E-state index contributed by atoms with van der Waals surface area (Å²) in [6, 6.07) is 16.4. The van der Waals surface area contributed by atoms with Gasteiger partial charge in [-0.2, -0.15) is 4.98 Å². The Balaban J connectivity index is 1.91. The Hall–Kier alpha value is -1.94. The van der Waals surface area contributed by atoms with Gasteiger partial charge >= 0.3 is 0 Å². The molecule has 0 spiro atoms. The van der Waals surface area contributed by atoms with Gasteiger partial charge in [0.15, 0.2) is 5.58 Å². The molecule has 0 radical (unpaired) electrons. The summed E-state index contributed by atoms with van der Waals surface area (Å²) >= 11 is 1.71. The topological polar surface area (TPSA) is 38.1 Å². The van der Waals surface area contributed by atoms with Crippen molar-refractivity contribution in [3.63, 3.8) is 0 Å². The minimum Gasteiger partial charge on any atom is -0.423 e. The van der Waals surface area contributed by atoms with Crippen LogP contribution in [0.4, 0.5) is 11.7 Å². The number of anilines is 2. The maximum Gasteiger partial charge on any atom is 0.300 e. The molecular weight excluding hydrogens is 244 g/mol. The predicted octanol–water partition coefficient (Wildman–Crippen LogP) is 4.29. The van der Waals surface area contributed by atoms with Crippen molar-refractivity contribution in [3.05, 3.63) is 48.5 Å². The Morgan fingerprint density at radius 2 is 2.00 bits per heavy atom. The van der Waals surface area contributed by atoms with E-state index in [1.165, 1.54) is 4.90 Å². The number of aromatic nitrogens is 1. The summed E-state index contributed by atoms with van der Waals surface area (Å²) in [7, 11) is 0. The molecule has 0 saturated carbocycles. The van der Waals surface area contributed by atoms with Crippen molar-refractivity contribution >= 4 is 34.6 Å². The van der Waals surface area contributed by atoms with Gasteiger partial charge < -0.3 is 9.73 Å². The number of hydrogen-bond donors (Lipinski definition) is 1. The van der Waals surface area contributed by atoms with Gasteiger partial charge in [-0.3, -0.25) is 0 Å². The largest absolute Gasteiger partial charge is 0.423 e. The van der Waals surface area contributed by atoms with Crippen molar-refractivity contribution in [1.82, 2.24) is 4.98 Å². The fraction of sp³-hybridized carbons (Fsp3) is 0.0714. The molecule has 0 saturated heterocycles. The third kappa shape index (κ3) is 2.19. The summed E-state index contributed by atoms with van der Waals surface area (Å²) in [5.74, 6) is 0. The second-order valence-corrected chi connectivity index (χ2v) is 4.72. The molecular formula is C14H12N2OS. The summed E-state index contributed by atoms with van der Waals surface area (Å²) in [4.78, 5) is 5.58. The van der Waals surface area contributed by atoms with Crippen LogP contribution in [0.2, 0.25) is 0 Å². The maximum absolute atomic E-state index is 5.62. The van der Waals surface area contributed by atoms with Crippen LogP contribution in [0.3, 0.4) is 0 Å². The molecule has 18 heavy (non-hydrogen) atoms. The predicted molar refractivity (Wildman–Crippen MR) is 75.5 cm³/mol. The fourth-order valence-corrected chi connectivity index (χ4v) is 2.21. The molecule has 0 aliphatic rings. The van der Waals surface area contributed by atoms with Crippen LogP contribution in [0.25, 0.3) is 11.1 Å². The number of hydrogen-bond acceptors (Lipinski definition) is 4. The molecule has 0 aliphatic heterocycles. The zero-order valence-electron chi connectivity index (χ0n) is 9.88. The first kappa shape index (κ1) is 11.2. The summed E-state index contributed by atoms with van der Waals surface area (Å²) in [6.45, 7) is 0. The first-order valence-electron chi connectivity index (χ1n) is 5.62. The van der Waals surface area contributed by atoms with Crippen LogP contribution in [-0.4, -0.2) is 11.2 Å². The molecule has 3 nitrogen and oxygen atoms in total. The van der Waals surface area contributed by atoms with Gasteiger partial charge in [-0.15, -0.1) is 11.8 Å². The first-order valence-corrected chi connectivity index (χ1v) is 6.84. The number of para-hydroxylation sites is 2. The van der Waals surface area contributed by atoms with Gasteiger partial charge in [-0.25, -0.2) is 0 Å². The van der Waals surface area contributed by atoms with Gasteiger partial charge in [0.05, 0.1) is 0 Å². The van der Waals surface area contributed by atoms with E-state index in [0.29, 0.717) is 6.01 Å². The van der Waals surface area contributed by atoms with Gasteiger partial charge in [0.25, 0.3) is 6.01 Å². The number of rotatable bonds is 3. The van der Waals surface area contributed by atoms with Crippen LogP contribution >= 0.6 is 11.8 Å². The lowest BCUT2D eigenvalue weighted by molar-refractivity contribution is 0.623. The number of benzene rings is 2. The minimum absolute atomic E-state index is 0.523. The Morgan fingerprint density at radius 3 is 2.83 bits per heavy atom. The van der Waals surface area contributed by atoms with Gasteiger partial charge in [0.2, 0.25) is 0 Å². The molecule has 0 bridgehead atoms. The average Bonchev–Trinajstić information content (AvgIpc) is 2.81. The van der Waals surface area contributed by atoms with E-state index in [1.54, 1.807) is 11.8 Å². The van der Waals surface area contributed by atoms with Crippen LogP contribution in [0.1, 0.15) is 0 Å². The van der Waals surface area contributed by atoms with E-state index in [4.69, 9.17) is 4.42 Å². The lowest BCUT2D eigenvalue weighted by atomic mass is 10.3. The van der Waals surface area contributed by atoms with Crippen LogP contribution in [0.15, 0.2) is 57.8 Å². The monoisotopic (exact) mass is 256 g/mol. The highest BCUT2D eigenvalue weighted by Gasteiger charge is 2.05. The molecule has 0 unspecified atom stereocenters. The molecule has 3 aromatic rings. The number of oxazole rings is 1. The zero-order chi connectivity index (χ0) is 12.4. The molecule has 0 aliphatic carbocycles. The van der Waals surface area contributed by atoms with Crippen LogP contribution in [-0.2, 0) is 0 Å². The molecule has 0 amide bonds. The molecule has 90 valence electrons. The number of nitrogens with one attached hydrogen (secondary N) is 1. The number of nitrogens with zero attached hydrogens (tertiary/aromatic N) is 1. The van der Waals surface area contributed by atoms with Crippen molar-refractivity contribution in [2.45, 2.75) is 4.90 Å². The molecule has 4 heteroatoms. The van der Waals surface area contributed by atoms with Crippen molar-refractivity contribution in [1.29, 1.82) is 0 Å². The number of thioether (sulfide) groups is 1. The van der Waals surface area contributed by atoms with Gasteiger partial charge in [0, 0.05) is 10.6 Å². The normalized spacial score (nSPS) is 10.7. The SMILES string of the molecule is CSc1cccc(Nc2nc3ccccc3o2)c1. The second-order valence-electron chi connectivity index (χ2n) is 3.84. The lowest BCUT2D eigenvalue weighted by Gasteiger charge is -2.02. The molecule has 3 rings (SSSR count). The summed E-state index contributed by atoms with van der Waals surface area (Å²) < 4.78 is 5.62. The Labute approximate surface area is 109 Å². The van der Waals surface area contributed by atoms with E-state index >= 15 is 0 Å². The highest BCUT2D eigenvalue weighted by atomic mass is 32.2. The molecule has 1 heterocycles. The number of fused-ring (bicyclic) bond motifs is 1. The van der Waals surface area contributed by atoms with Gasteiger partial charge in [-0.05, 0) is 36.6 Å². The van der Waals surface area contributed by atoms with E-state index in [-0.39, 0.29) is 0 Å². The third-order valence-electron chi connectivity index (χ3n) is 2.61. The lowest BCUT2D eigenvalue weighted by Crippen LogP contribution is -1.89. The van der Waals surface area contributed by atoms with Crippen molar-refractivity contribution in [3.8, 4) is 0 Å². The average molecular weight is 256 g/mol. The summed E-state index contributed by atoms with van der Waals surface area (Å²) in [5, 5.41) is 3.18. The van der Waals surface area contributed by atoms with Gasteiger partial charge in [0.1, 0.15) is 5.52 Å².